The molecule has 8 heteroatoms. The van der Waals surface area contributed by atoms with Gasteiger partial charge in [-0.15, -0.1) is 0 Å². The van der Waals surface area contributed by atoms with Gasteiger partial charge in [-0.3, -0.25) is 14.3 Å². The molecule has 35 heavy (non-hydrogen) atoms. The first-order chi connectivity index (χ1) is 16.8. The first-order valence-corrected chi connectivity index (χ1v) is 13.0. The average molecular weight is 501 g/mol. The summed E-state index contributed by atoms with van der Waals surface area (Å²) in [6, 6.07) is 23.7. The van der Waals surface area contributed by atoms with Crippen LogP contribution in [0.25, 0.3) is 0 Å². The molecule has 3 N–H and O–H groups in total. The molecule has 0 radical (unpaired) electrons. The standard InChI is InChI=1S/C27H20N2O4S2/c1-16-11-13-18(14-12-16)35(32,33)29-21-15-22(34-17-7-3-2-4-8-17)25(28)24-23(21)26(30)19-9-5-6-10-20(19)27(24)31/h2-15,29H,28H2,1H3. The zero-order chi connectivity index (χ0) is 24.7. The van der Waals surface area contributed by atoms with Crippen LogP contribution in [0, 0.1) is 6.92 Å². The summed E-state index contributed by atoms with van der Waals surface area (Å²) in [6.07, 6.45) is 0. The van der Waals surface area contributed by atoms with Crippen molar-refractivity contribution in [3.8, 4) is 0 Å². The third-order valence-corrected chi connectivity index (χ3v) is 8.19. The SMILES string of the molecule is Cc1ccc(S(=O)(=O)Nc2cc(Sc3ccccc3)c(N)c3c2C(=O)c2ccccc2C3=O)cc1. The summed E-state index contributed by atoms with van der Waals surface area (Å²) in [7, 11) is -4.05. The zero-order valence-electron chi connectivity index (χ0n) is 18.6. The van der Waals surface area contributed by atoms with E-state index in [2.05, 4.69) is 4.72 Å². The number of rotatable bonds is 5. The van der Waals surface area contributed by atoms with Crippen LogP contribution in [0.5, 0.6) is 0 Å². The van der Waals surface area contributed by atoms with E-state index in [1.807, 2.05) is 37.3 Å². The maximum absolute atomic E-state index is 13.5. The van der Waals surface area contributed by atoms with Gasteiger partial charge in [-0.1, -0.05) is 71.9 Å². The van der Waals surface area contributed by atoms with Crippen LogP contribution in [0.3, 0.4) is 0 Å². The molecule has 174 valence electrons. The summed E-state index contributed by atoms with van der Waals surface area (Å²) in [5, 5.41) is 0. The number of fused-ring (bicyclic) bond motifs is 2. The van der Waals surface area contributed by atoms with E-state index in [1.54, 1.807) is 36.4 Å². The van der Waals surface area contributed by atoms with Crippen LogP contribution in [-0.4, -0.2) is 20.0 Å². The largest absolute Gasteiger partial charge is 0.397 e. The van der Waals surface area contributed by atoms with Gasteiger partial charge in [-0.05, 0) is 37.3 Å². The first kappa shape index (κ1) is 22.9. The number of nitrogen functional groups attached to an aromatic ring is 1. The number of aryl methyl sites for hydroxylation is 1. The van der Waals surface area contributed by atoms with Crippen LogP contribution in [0.2, 0.25) is 0 Å². The molecule has 1 aliphatic carbocycles. The van der Waals surface area contributed by atoms with Crippen molar-refractivity contribution in [3.63, 3.8) is 0 Å². The Morgan fingerprint density at radius 2 is 1.34 bits per heavy atom. The highest BCUT2D eigenvalue weighted by Crippen LogP contribution is 2.43. The van der Waals surface area contributed by atoms with Gasteiger partial charge in [0.2, 0.25) is 0 Å². The molecule has 0 aliphatic heterocycles. The highest BCUT2D eigenvalue weighted by atomic mass is 32.2. The van der Waals surface area contributed by atoms with Crippen LogP contribution in [0.4, 0.5) is 11.4 Å². The highest BCUT2D eigenvalue weighted by Gasteiger charge is 2.35. The van der Waals surface area contributed by atoms with Gasteiger partial charge < -0.3 is 5.73 Å². The predicted octanol–water partition coefficient (Wildman–Crippen LogP) is 5.30. The first-order valence-electron chi connectivity index (χ1n) is 10.7. The number of nitrogens with two attached hydrogens (primary N) is 1. The van der Waals surface area contributed by atoms with Gasteiger partial charge in [0.05, 0.1) is 27.4 Å². The second-order valence-electron chi connectivity index (χ2n) is 8.12. The molecule has 0 saturated carbocycles. The lowest BCUT2D eigenvalue weighted by Gasteiger charge is -2.24. The number of carbonyl (C=O) groups is 2. The predicted molar refractivity (Wildman–Crippen MR) is 137 cm³/mol. The summed E-state index contributed by atoms with van der Waals surface area (Å²) in [5.74, 6) is -0.876. The number of carbonyl (C=O) groups excluding carboxylic acids is 2. The number of ketones is 2. The summed E-state index contributed by atoms with van der Waals surface area (Å²) in [5.41, 5.74) is 7.94. The maximum atomic E-state index is 13.5. The lowest BCUT2D eigenvalue weighted by atomic mass is 9.82. The van der Waals surface area contributed by atoms with Crippen molar-refractivity contribution in [2.45, 2.75) is 21.6 Å². The normalized spacial score (nSPS) is 12.7. The fourth-order valence-corrected chi connectivity index (χ4v) is 5.99. The van der Waals surface area contributed by atoms with Crippen LogP contribution in [-0.2, 0) is 10.0 Å². The van der Waals surface area contributed by atoms with E-state index in [0.717, 1.165) is 10.5 Å². The van der Waals surface area contributed by atoms with Crippen molar-refractivity contribution < 1.29 is 18.0 Å². The summed E-state index contributed by atoms with van der Waals surface area (Å²) in [4.78, 5) is 28.4. The molecule has 0 aromatic heterocycles. The molecular weight excluding hydrogens is 480 g/mol. The van der Waals surface area contributed by atoms with Crippen LogP contribution >= 0.6 is 11.8 Å². The minimum absolute atomic E-state index is 0.0104. The molecule has 0 amide bonds. The Balaban J connectivity index is 1.71. The molecule has 0 heterocycles. The molecule has 5 rings (SSSR count). The Hall–Kier alpha value is -3.88. The van der Waals surface area contributed by atoms with Gasteiger partial charge in [0, 0.05) is 20.9 Å². The number of hydrogen-bond donors (Lipinski definition) is 2. The van der Waals surface area contributed by atoms with E-state index in [-0.39, 0.29) is 38.5 Å². The number of nitrogens with one attached hydrogen (secondary N) is 1. The molecular formula is C27H20N2O4S2. The Bertz CT molecular complexity index is 1600. The van der Waals surface area contributed by atoms with E-state index in [1.165, 1.54) is 30.0 Å². The van der Waals surface area contributed by atoms with Gasteiger partial charge >= 0.3 is 0 Å². The summed E-state index contributed by atoms with van der Waals surface area (Å²) < 4.78 is 29.0. The Morgan fingerprint density at radius 1 is 0.771 bits per heavy atom. The molecule has 1 aliphatic rings. The van der Waals surface area contributed by atoms with Gasteiger partial charge in [0.25, 0.3) is 10.0 Å². The molecule has 0 fully saturated rings. The van der Waals surface area contributed by atoms with Gasteiger partial charge in [0.15, 0.2) is 11.6 Å². The number of anilines is 2. The molecule has 4 aromatic carbocycles. The lowest BCUT2D eigenvalue weighted by molar-refractivity contribution is 0.0980. The van der Waals surface area contributed by atoms with Crippen molar-refractivity contribution in [2.75, 3.05) is 10.5 Å². The van der Waals surface area contributed by atoms with Crippen LogP contribution < -0.4 is 10.5 Å². The number of benzene rings is 4. The van der Waals surface area contributed by atoms with Crippen molar-refractivity contribution in [2.24, 2.45) is 0 Å². The highest BCUT2D eigenvalue weighted by molar-refractivity contribution is 7.99. The second kappa shape index (κ2) is 8.72. The summed E-state index contributed by atoms with van der Waals surface area (Å²) >= 11 is 1.29. The minimum Gasteiger partial charge on any atom is -0.397 e. The smallest absolute Gasteiger partial charge is 0.261 e. The van der Waals surface area contributed by atoms with E-state index >= 15 is 0 Å². The van der Waals surface area contributed by atoms with Gasteiger partial charge in [-0.2, -0.15) is 0 Å². The van der Waals surface area contributed by atoms with E-state index in [0.29, 0.717) is 4.90 Å². The molecule has 0 saturated heterocycles. The van der Waals surface area contributed by atoms with E-state index in [4.69, 9.17) is 5.73 Å². The average Bonchev–Trinajstić information content (AvgIpc) is 2.85. The van der Waals surface area contributed by atoms with Crippen molar-refractivity contribution in [1.82, 2.24) is 0 Å². The maximum Gasteiger partial charge on any atom is 0.261 e. The van der Waals surface area contributed by atoms with Crippen molar-refractivity contribution in [1.29, 1.82) is 0 Å². The number of hydrogen-bond acceptors (Lipinski definition) is 6. The Morgan fingerprint density at radius 3 is 1.97 bits per heavy atom. The number of sulfonamides is 1. The molecule has 4 aromatic rings. The van der Waals surface area contributed by atoms with Crippen LogP contribution in [0.15, 0.2) is 99.6 Å². The topological polar surface area (TPSA) is 106 Å². The quantitative estimate of drug-likeness (QED) is 0.317. The van der Waals surface area contributed by atoms with Crippen molar-refractivity contribution >= 4 is 44.7 Å². The molecule has 0 atom stereocenters. The molecule has 0 spiro atoms. The third-order valence-electron chi connectivity index (χ3n) is 5.75. The molecule has 0 unspecified atom stereocenters. The monoisotopic (exact) mass is 500 g/mol. The fraction of sp³-hybridized carbons (Fsp3) is 0.0370. The lowest BCUT2D eigenvalue weighted by Crippen LogP contribution is -2.25. The van der Waals surface area contributed by atoms with Crippen LogP contribution in [0.1, 0.15) is 37.4 Å². The van der Waals surface area contributed by atoms with E-state index in [9.17, 15) is 18.0 Å². The van der Waals surface area contributed by atoms with E-state index < -0.39 is 21.6 Å². The fourth-order valence-electron chi connectivity index (χ4n) is 4.00. The Labute approximate surface area is 207 Å². The van der Waals surface area contributed by atoms with Gasteiger partial charge in [-0.25, -0.2) is 8.42 Å². The minimum atomic E-state index is -4.05. The summed E-state index contributed by atoms with van der Waals surface area (Å²) in [6.45, 7) is 1.86. The Kier molecular flexibility index (Phi) is 5.70. The molecule has 6 nitrogen and oxygen atoms in total. The third kappa shape index (κ3) is 4.11. The molecule has 0 bridgehead atoms. The zero-order valence-corrected chi connectivity index (χ0v) is 20.2. The van der Waals surface area contributed by atoms with Gasteiger partial charge in [0.1, 0.15) is 0 Å². The van der Waals surface area contributed by atoms with Crippen molar-refractivity contribution in [3.05, 3.63) is 113 Å². The second-order valence-corrected chi connectivity index (χ2v) is 10.9.